The van der Waals surface area contributed by atoms with E-state index < -0.39 is 10.0 Å². The number of carbonyl (C=O) groups excluding carboxylic acids is 1. The van der Waals surface area contributed by atoms with Crippen LogP contribution in [-0.2, 0) is 10.0 Å². The second kappa shape index (κ2) is 7.60. The lowest BCUT2D eigenvalue weighted by Crippen LogP contribution is -2.31. The molecule has 124 valence electrons. The first-order chi connectivity index (χ1) is 10.3. The smallest absolute Gasteiger partial charge is 0.253 e. The average molecular weight is 328 g/mol. The molecule has 7 heteroatoms. The fourth-order valence-electron chi connectivity index (χ4n) is 2.08. The van der Waals surface area contributed by atoms with Crippen LogP contribution in [0.1, 0.15) is 31.1 Å². The molecular weight excluding hydrogens is 304 g/mol. The molecule has 0 aliphatic heterocycles. The number of methoxy groups -OCH3 is 1. The summed E-state index contributed by atoms with van der Waals surface area (Å²) < 4.78 is 31.9. The van der Waals surface area contributed by atoms with Crippen LogP contribution in [-0.4, -0.2) is 57.3 Å². The number of nitrogens with zero attached hydrogens (tertiary/aromatic N) is 2. The van der Waals surface area contributed by atoms with E-state index >= 15 is 0 Å². The summed E-state index contributed by atoms with van der Waals surface area (Å²) in [4.78, 5) is 13.8. The Hall–Kier alpha value is -1.60. The van der Waals surface area contributed by atoms with Gasteiger partial charge in [0.1, 0.15) is 10.6 Å². The van der Waals surface area contributed by atoms with Crippen LogP contribution in [0.15, 0.2) is 23.1 Å². The van der Waals surface area contributed by atoms with E-state index in [1.165, 1.54) is 28.4 Å². The molecule has 1 amide bonds. The van der Waals surface area contributed by atoms with Gasteiger partial charge in [-0.3, -0.25) is 4.79 Å². The first-order valence-electron chi connectivity index (χ1n) is 7.27. The highest BCUT2D eigenvalue weighted by atomic mass is 32.2. The Morgan fingerprint density at radius 1 is 1.14 bits per heavy atom. The average Bonchev–Trinajstić information content (AvgIpc) is 2.53. The van der Waals surface area contributed by atoms with Gasteiger partial charge < -0.3 is 9.64 Å². The number of amides is 1. The third-order valence-corrected chi connectivity index (χ3v) is 5.63. The van der Waals surface area contributed by atoms with Crippen molar-refractivity contribution in [1.29, 1.82) is 0 Å². The summed E-state index contributed by atoms with van der Waals surface area (Å²) in [6.07, 6.45) is 0. The molecule has 0 fully saturated rings. The van der Waals surface area contributed by atoms with E-state index in [0.29, 0.717) is 25.2 Å². The van der Waals surface area contributed by atoms with E-state index in [1.807, 2.05) is 6.92 Å². The summed E-state index contributed by atoms with van der Waals surface area (Å²) in [5.41, 5.74) is 0.330. The van der Waals surface area contributed by atoms with Crippen LogP contribution in [0.25, 0.3) is 0 Å². The molecule has 0 aromatic heterocycles. The van der Waals surface area contributed by atoms with Gasteiger partial charge in [0, 0.05) is 32.2 Å². The number of hydrogen-bond donors (Lipinski definition) is 0. The zero-order chi connectivity index (χ0) is 16.9. The summed E-state index contributed by atoms with van der Waals surface area (Å²) in [5.74, 6) is 0.0174. The third-order valence-electron chi connectivity index (χ3n) is 3.55. The Morgan fingerprint density at radius 3 is 2.18 bits per heavy atom. The van der Waals surface area contributed by atoms with E-state index in [0.717, 1.165) is 0 Å². The van der Waals surface area contributed by atoms with Gasteiger partial charge in [0.2, 0.25) is 10.0 Å². The Bertz CT molecular complexity index is 624. The van der Waals surface area contributed by atoms with Crippen LogP contribution < -0.4 is 4.74 Å². The van der Waals surface area contributed by atoms with Crippen LogP contribution in [0.2, 0.25) is 0 Å². The minimum absolute atomic E-state index is 0.0223. The Kier molecular flexibility index (Phi) is 6.37. The van der Waals surface area contributed by atoms with Crippen molar-refractivity contribution in [2.24, 2.45) is 0 Å². The number of ether oxygens (including phenoxy) is 1. The Labute approximate surface area is 132 Å². The van der Waals surface area contributed by atoms with Gasteiger partial charge in [0.25, 0.3) is 5.91 Å². The van der Waals surface area contributed by atoms with E-state index in [9.17, 15) is 13.2 Å². The highest BCUT2D eigenvalue weighted by Crippen LogP contribution is 2.28. The summed E-state index contributed by atoms with van der Waals surface area (Å²) >= 11 is 0. The summed E-state index contributed by atoms with van der Waals surface area (Å²) in [6.45, 7) is 6.66. The molecule has 0 unspecified atom stereocenters. The van der Waals surface area contributed by atoms with Crippen molar-refractivity contribution in [2.45, 2.75) is 25.7 Å². The molecule has 0 atom stereocenters. The normalized spacial score (nSPS) is 11.5. The maximum atomic E-state index is 12.7. The van der Waals surface area contributed by atoms with Crippen LogP contribution in [0.3, 0.4) is 0 Å². The second-order valence-corrected chi connectivity index (χ2v) is 6.68. The van der Waals surface area contributed by atoms with Crippen molar-refractivity contribution in [2.75, 3.05) is 33.8 Å². The van der Waals surface area contributed by atoms with Gasteiger partial charge in [0.05, 0.1) is 7.11 Å². The number of carbonyl (C=O) groups is 1. The van der Waals surface area contributed by atoms with Crippen LogP contribution in [0, 0.1) is 0 Å². The van der Waals surface area contributed by atoms with Crippen LogP contribution in [0.4, 0.5) is 0 Å². The van der Waals surface area contributed by atoms with Crippen molar-refractivity contribution in [3.05, 3.63) is 23.8 Å². The van der Waals surface area contributed by atoms with E-state index in [2.05, 4.69) is 0 Å². The van der Waals surface area contributed by atoms with Crippen molar-refractivity contribution >= 4 is 15.9 Å². The van der Waals surface area contributed by atoms with E-state index in [4.69, 9.17) is 4.74 Å². The fourth-order valence-corrected chi connectivity index (χ4v) is 3.72. The standard InChI is InChI=1S/C15H24N2O4S/c1-6-16(4)15(18)12-9-10-13(21-5)14(11-12)22(19,20)17(7-2)8-3/h9-11H,6-8H2,1-5H3. The molecule has 0 aliphatic carbocycles. The predicted molar refractivity (Wildman–Crippen MR) is 85.7 cm³/mol. The molecule has 6 nitrogen and oxygen atoms in total. The second-order valence-electron chi connectivity index (χ2n) is 4.77. The molecule has 0 saturated carbocycles. The number of benzene rings is 1. The SMILES string of the molecule is CCN(C)C(=O)c1ccc(OC)c(S(=O)(=O)N(CC)CC)c1. The van der Waals surface area contributed by atoms with Crippen molar-refractivity contribution < 1.29 is 17.9 Å². The number of sulfonamides is 1. The Balaban J connectivity index is 3.43. The van der Waals surface area contributed by atoms with Gasteiger partial charge in [0.15, 0.2) is 0 Å². The van der Waals surface area contributed by atoms with Gasteiger partial charge in [-0.2, -0.15) is 4.31 Å². The summed E-state index contributed by atoms with van der Waals surface area (Å²) in [6, 6.07) is 4.49. The van der Waals surface area contributed by atoms with Gasteiger partial charge >= 0.3 is 0 Å². The number of rotatable bonds is 7. The van der Waals surface area contributed by atoms with Crippen molar-refractivity contribution in [1.82, 2.24) is 9.21 Å². The molecule has 0 N–H and O–H groups in total. The lowest BCUT2D eigenvalue weighted by atomic mass is 10.2. The van der Waals surface area contributed by atoms with Gasteiger partial charge in [-0.25, -0.2) is 8.42 Å². The third kappa shape index (κ3) is 3.59. The molecule has 22 heavy (non-hydrogen) atoms. The number of hydrogen-bond acceptors (Lipinski definition) is 4. The van der Waals surface area contributed by atoms with E-state index in [1.54, 1.807) is 27.0 Å². The fraction of sp³-hybridized carbons (Fsp3) is 0.533. The molecule has 1 rings (SSSR count). The molecule has 0 bridgehead atoms. The van der Waals surface area contributed by atoms with Gasteiger partial charge in [-0.15, -0.1) is 0 Å². The molecule has 0 radical (unpaired) electrons. The predicted octanol–water partition coefficient (Wildman–Crippen LogP) is 1.82. The quantitative estimate of drug-likeness (QED) is 0.766. The minimum atomic E-state index is -3.69. The summed E-state index contributed by atoms with van der Waals surface area (Å²) in [7, 11) is -0.610. The van der Waals surface area contributed by atoms with Crippen LogP contribution >= 0.6 is 0 Å². The lowest BCUT2D eigenvalue weighted by molar-refractivity contribution is 0.0802. The molecule has 0 spiro atoms. The molecule has 0 heterocycles. The highest BCUT2D eigenvalue weighted by Gasteiger charge is 2.27. The van der Waals surface area contributed by atoms with Gasteiger partial charge in [-0.05, 0) is 25.1 Å². The van der Waals surface area contributed by atoms with E-state index in [-0.39, 0.29) is 16.6 Å². The summed E-state index contributed by atoms with van der Waals surface area (Å²) in [5, 5.41) is 0. The maximum Gasteiger partial charge on any atom is 0.253 e. The molecule has 0 aliphatic rings. The van der Waals surface area contributed by atoms with Crippen molar-refractivity contribution in [3.8, 4) is 5.75 Å². The molecule has 1 aromatic rings. The lowest BCUT2D eigenvalue weighted by Gasteiger charge is -2.21. The zero-order valence-corrected chi connectivity index (χ0v) is 14.6. The first-order valence-corrected chi connectivity index (χ1v) is 8.71. The molecular formula is C15H24N2O4S. The topological polar surface area (TPSA) is 66.9 Å². The highest BCUT2D eigenvalue weighted by molar-refractivity contribution is 7.89. The molecule has 1 aromatic carbocycles. The van der Waals surface area contributed by atoms with Crippen LogP contribution in [0.5, 0.6) is 5.75 Å². The first kappa shape index (κ1) is 18.4. The van der Waals surface area contributed by atoms with Crippen molar-refractivity contribution in [3.63, 3.8) is 0 Å². The monoisotopic (exact) mass is 328 g/mol. The maximum absolute atomic E-state index is 12.7. The molecule has 0 saturated heterocycles. The zero-order valence-electron chi connectivity index (χ0n) is 13.8. The largest absolute Gasteiger partial charge is 0.495 e. The Morgan fingerprint density at radius 2 is 1.73 bits per heavy atom. The minimum Gasteiger partial charge on any atom is -0.495 e. The van der Waals surface area contributed by atoms with Gasteiger partial charge in [-0.1, -0.05) is 13.8 Å².